The second-order valence-corrected chi connectivity index (χ2v) is 6.72. The van der Waals surface area contributed by atoms with Crippen LogP contribution in [0.4, 0.5) is 20.2 Å². The summed E-state index contributed by atoms with van der Waals surface area (Å²) in [5, 5.41) is 9.29. The normalized spacial score (nSPS) is 10.7. The third-order valence-electron chi connectivity index (χ3n) is 4.07. The third kappa shape index (κ3) is 4.78. The van der Waals surface area contributed by atoms with Gasteiger partial charge in [-0.25, -0.2) is 13.5 Å². The zero-order valence-corrected chi connectivity index (χ0v) is 16.3. The smallest absolute Gasteiger partial charge is 0.260 e. The van der Waals surface area contributed by atoms with Gasteiger partial charge in [-0.15, -0.1) is 0 Å². The summed E-state index contributed by atoms with van der Waals surface area (Å²) in [4.78, 5) is 23.9. The molecule has 0 bridgehead atoms. The molecular weight excluding hydrogens is 402 g/mol. The molecule has 0 spiro atoms. The molecule has 1 aromatic heterocycles. The Morgan fingerprint density at radius 2 is 1.79 bits per heavy atom. The molecule has 2 aromatic carbocycles. The van der Waals surface area contributed by atoms with E-state index >= 15 is 0 Å². The second kappa shape index (κ2) is 8.40. The lowest BCUT2D eigenvalue weighted by atomic mass is 10.2. The predicted molar refractivity (Wildman–Crippen MR) is 106 cm³/mol. The van der Waals surface area contributed by atoms with Gasteiger partial charge in [-0.2, -0.15) is 5.10 Å². The summed E-state index contributed by atoms with van der Waals surface area (Å²) < 4.78 is 28.6. The lowest BCUT2D eigenvalue weighted by Gasteiger charge is -2.09. The van der Waals surface area contributed by atoms with Gasteiger partial charge in [0, 0.05) is 12.6 Å². The van der Waals surface area contributed by atoms with Crippen LogP contribution in [0.5, 0.6) is 0 Å². The van der Waals surface area contributed by atoms with Crippen LogP contribution in [0.25, 0.3) is 0 Å². The van der Waals surface area contributed by atoms with Crippen molar-refractivity contribution in [2.45, 2.75) is 20.4 Å². The number of amides is 2. The zero-order valence-electron chi connectivity index (χ0n) is 15.6. The summed E-state index contributed by atoms with van der Waals surface area (Å²) in [6, 6.07) is 9.63. The number of aryl methyl sites for hydroxylation is 1. The number of nitrogens with zero attached hydrogens (tertiary/aromatic N) is 2. The van der Waals surface area contributed by atoms with Crippen molar-refractivity contribution >= 4 is 34.8 Å². The molecule has 0 saturated carbocycles. The minimum absolute atomic E-state index is 0.0720. The number of nitrogens with one attached hydrogen (secondary N) is 2. The van der Waals surface area contributed by atoms with Gasteiger partial charge in [0.05, 0.1) is 23.5 Å². The minimum Gasteiger partial charge on any atom is -0.326 e. The number of halogens is 3. The molecule has 29 heavy (non-hydrogen) atoms. The van der Waals surface area contributed by atoms with Gasteiger partial charge in [0.15, 0.2) is 0 Å². The molecule has 3 rings (SSSR count). The highest BCUT2D eigenvalue weighted by molar-refractivity contribution is 6.33. The van der Waals surface area contributed by atoms with Gasteiger partial charge in [-0.05, 0) is 42.8 Å². The molecule has 3 aromatic rings. The fourth-order valence-electron chi connectivity index (χ4n) is 2.77. The van der Waals surface area contributed by atoms with Crippen molar-refractivity contribution in [2.24, 2.45) is 0 Å². The first-order valence-electron chi connectivity index (χ1n) is 8.60. The average Bonchev–Trinajstić information content (AvgIpc) is 2.93. The fourth-order valence-corrected chi connectivity index (χ4v) is 3.09. The summed E-state index contributed by atoms with van der Waals surface area (Å²) in [5.41, 5.74) is 1.43. The summed E-state index contributed by atoms with van der Waals surface area (Å²) >= 11 is 6.33. The van der Waals surface area contributed by atoms with Crippen LogP contribution in [0.3, 0.4) is 0 Å². The van der Waals surface area contributed by atoms with E-state index in [9.17, 15) is 18.4 Å². The van der Waals surface area contributed by atoms with E-state index in [0.717, 1.165) is 11.6 Å². The molecule has 0 aliphatic rings. The van der Waals surface area contributed by atoms with Crippen molar-refractivity contribution in [3.8, 4) is 0 Å². The molecule has 0 radical (unpaired) electrons. The highest BCUT2D eigenvalue weighted by Crippen LogP contribution is 2.25. The van der Waals surface area contributed by atoms with Crippen LogP contribution < -0.4 is 10.6 Å². The van der Waals surface area contributed by atoms with Crippen molar-refractivity contribution in [2.75, 3.05) is 10.6 Å². The highest BCUT2D eigenvalue weighted by Gasteiger charge is 2.21. The molecule has 150 valence electrons. The summed E-state index contributed by atoms with van der Waals surface area (Å²) in [7, 11) is 0. The molecule has 2 amide bonds. The van der Waals surface area contributed by atoms with Gasteiger partial charge in [0.1, 0.15) is 16.8 Å². The van der Waals surface area contributed by atoms with Crippen molar-refractivity contribution in [1.29, 1.82) is 0 Å². The molecular formula is C20H17ClF2N4O2. The van der Waals surface area contributed by atoms with E-state index in [0.29, 0.717) is 11.4 Å². The second-order valence-electron chi connectivity index (χ2n) is 6.37. The lowest BCUT2D eigenvalue weighted by Crippen LogP contribution is -2.15. The monoisotopic (exact) mass is 418 g/mol. The molecule has 2 N–H and O–H groups in total. The van der Waals surface area contributed by atoms with Crippen molar-refractivity contribution in [3.63, 3.8) is 0 Å². The zero-order chi connectivity index (χ0) is 21.1. The Hall–Kier alpha value is -3.26. The molecule has 0 unspecified atom stereocenters. The largest absolute Gasteiger partial charge is 0.326 e. The quantitative estimate of drug-likeness (QED) is 0.645. The van der Waals surface area contributed by atoms with Crippen LogP contribution in [0.2, 0.25) is 5.15 Å². The minimum atomic E-state index is -0.667. The number of rotatable bonds is 5. The highest BCUT2D eigenvalue weighted by atomic mass is 35.5. The Kier molecular flexibility index (Phi) is 5.93. The number of anilines is 2. The Balaban J connectivity index is 1.84. The van der Waals surface area contributed by atoms with Crippen molar-refractivity contribution in [1.82, 2.24) is 9.78 Å². The SMILES string of the molecule is CC(=O)Nc1ccc(F)c(NC(=O)c2c(C)nn(Cc3ccc(F)cc3)c2Cl)c1. The average molecular weight is 419 g/mol. The molecule has 6 nitrogen and oxygen atoms in total. The maximum atomic E-state index is 14.1. The fraction of sp³-hybridized carbons (Fsp3) is 0.150. The van der Waals surface area contributed by atoms with Crippen LogP contribution in [0.15, 0.2) is 42.5 Å². The topological polar surface area (TPSA) is 76.0 Å². The molecule has 0 atom stereocenters. The number of hydrogen-bond donors (Lipinski definition) is 2. The van der Waals surface area contributed by atoms with Gasteiger partial charge in [0.2, 0.25) is 5.91 Å². The van der Waals surface area contributed by atoms with Crippen LogP contribution in [-0.2, 0) is 11.3 Å². The number of carbonyl (C=O) groups is 2. The summed E-state index contributed by atoms with van der Waals surface area (Å²) in [5.74, 6) is -1.99. The third-order valence-corrected chi connectivity index (χ3v) is 4.46. The molecule has 0 aliphatic heterocycles. The Labute approximate surface area is 170 Å². The first kappa shape index (κ1) is 20.5. The first-order chi connectivity index (χ1) is 13.7. The Morgan fingerprint density at radius 3 is 2.45 bits per heavy atom. The van der Waals surface area contributed by atoms with Gasteiger partial charge >= 0.3 is 0 Å². The van der Waals surface area contributed by atoms with Gasteiger partial charge in [-0.1, -0.05) is 23.7 Å². The van der Waals surface area contributed by atoms with E-state index in [1.165, 1.54) is 35.9 Å². The Bertz CT molecular complexity index is 1080. The molecule has 1 heterocycles. The molecule has 0 aliphatic carbocycles. The van der Waals surface area contributed by atoms with Gasteiger partial charge < -0.3 is 10.6 Å². The van der Waals surface area contributed by atoms with E-state index in [-0.39, 0.29) is 34.7 Å². The van der Waals surface area contributed by atoms with E-state index < -0.39 is 11.7 Å². The number of hydrogen-bond acceptors (Lipinski definition) is 3. The number of aromatic nitrogens is 2. The summed E-state index contributed by atoms with van der Waals surface area (Å²) in [6.45, 7) is 3.16. The maximum absolute atomic E-state index is 14.1. The van der Waals surface area contributed by atoms with Crippen LogP contribution >= 0.6 is 11.6 Å². The molecule has 0 saturated heterocycles. The van der Waals surface area contributed by atoms with E-state index in [1.54, 1.807) is 19.1 Å². The summed E-state index contributed by atoms with van der Waals surface area (Å²) in [6.07, 6.45) is 0. The predicted octanol–water partition coefficient (Wildman–Crippen LogP) is 4.38. The lowest BCUT2D eigenvalue weighted by molar-refractivity contribution is -0.114. The van der Waals surface area contributed by atoms with Crippen molar-refractivity contribution < 1.29 is 18.4 Å². The van der Waals surface area contributed by atoms with E-state index in [1.807, 2.05) is 0 Å². The van der Waals surface area contributed by atoms with Crippen LogP contribution in [-0.4, -0.2) is 21.6 Å². The number of carbonyl (C=O) groups excluding carboxylic acids is 2. The van der Waals surface area contributed by atoms with Crippen LogP contribution in [0.1, 0.15) is 28.5 Å². The maximum Gasteiger partial charge on any atom is 0.260 e. The van der Waals surface area contributed by atoms with E-state index in [4.69, 9.17) is 11.6 Å². The standard InChI is InChI=1S/C20H17ClF2N4O2/c1-11-18(19(21)27(26-11)10-13-3-5-14(22)6-4-13)20(29)25-17-9-15(24-12(2)28)7-8-16(17)23/h3-9H,10H2,1-2H3,(H,24,28)(H,25,29). The van der Waals surface area contributed by atoms with Gasteiger partial charge in [-0.3, -0.25) is 9.59 Å². The number of benzene rings is 2. The van der Waals surface area contributed by atoms with Crippen molar-refractivity contribution in [3.05, 3.63) is 76.1 Å². The molecule has 0 fully saturated rings. The molecule has 9 heteroatoms. The van der Waals surface area contributed by atoms with Crippen LogP contribution in [0, 0.1) is 18.6 Å². The first-order valence-corrected chi connectivity index (χ1v) is 8.98. The van der Waals surface area contributed by atoms with E-state index in [2.05, 4.69) is 15.7 Å². The Morgan fingerprint density at radius 1 is 1.10 bits per heavy atom. The van der Waals surface area contributed by atoms with Gasteiger partial charge in [0.25, 0.3) is 5.91 Å².